The lowest BCUT2D eigenvalue weighted by Crippen LogP contribution is -2.15. The Bertz CT molecular complexity index is 922. The summed E-state index contributed by atoms with van der Waals surface area (Å²) in [4.78, 5) is 23.9. The van der Waals surface area contributed by atoms with Crippen LogP contribution in [0.25, 0.3) is 5.65 Å². The molecule has 0 atom stereocenters. The van der Waals surface area contributed by atoms with E-state index in [2.05, 4.69) is 15.5 Å². The predicted octanol–water partition coefficient (Wildman–Crippen LogP) is 3.03. The number of ether oxygens (including phenoxy) is 1. The lowest BCUT2D eigenvalue weighted by atomic mass is 10.2. The average Bonchev–Trinajstić information content (AvgIpc) is 3.03. The maximum Gasteiger partial charge on any atom is 0.338 e. The van der Waals surface area contributed by atoms with Crippen molar-refractivity contribution in [3.05, 3.63) is 54.2 Å². The van der Waals surface area contributed by atoms with Crippen molar-refractivity contribution in [2.45, 2.75) is 25.1 Å². The number of amides is 1. The Kier molecular flexibility index (Phi) is 5.52. The normalized spacial score (nSPS) is 10.9. The summed E-state index contributed by atoms with van der Waals surface area (Å²) in [6, 6.07) is 12.2. The summed E-state index contributed by atoms with van der Waals surface area (Å²) in [6.07, 6.45) is 1.68. The van der Waals surface area contributed by atoms with Gasteiger partial charge in [-0.25, -0.2) is 4.79 Å². The Morgan fingerprint density at radius 1 is 1.15 bits per heavy atom. The largest absolute Gasteiger partial charge is 0.459 e. The van der Waals surface area contributed by atoms with Crippen molar-refractivity contribution in [1.29, 1.82) is 0 Å². The Labute approximate surface area is 154 Å². The first-order valence-electron chi connectivity index (χ1n) is 8.06. The minimum Gasteiger partial charge on any atom is -0.459 e. The van der Waals surface area contributed by atoms with Crippen LogP contribution < -0.4 is 5.32 Å². The molecule has 0 aliphatic carbocycles. The highest BCUT2D eigenvalue weighted by atomic mass is 32.2. The first-order valence-corrected chi connectivity index (χ1v) is 9.05. The summed E-state index contributed by atoms with van der Waals surface area (Å²) in [5.41, 5.74) is 1.79. The van der Waals surface area contributed by atoms with E-state index in [0.29, 0.717) is 16.4 Å². The molecule has 0 radical (unpaired) electrons. The van der Waals surface area contributed by atoms with Crippen LogP contribution in [-0.4, -0.2) is 38.3 Å². The van der Waals surface area contributed by atoms with Crippen molar-refractivity contribution in [2.24, 2.45) is 0 Å². The number of benzene rings is 1. The Morgan fingerprint density at radius 2 is 1.92 bits per heavy atom. The van der Waals surface area contributed by atoms with Gasteiger partial charge in [0.25, 0.3) is 0 Å². The fraction of sp³-hybridized carbons (Fsp3) is 0.222. The third-order valence-electron chi connectivity index (χ3n) is 3.36. The molecule has 0 aliphatic rings. The second-order valence-corrected chi connectivity index (χ2v) is 6.72. The maximum absolute atomic E-state index is 12.1. The summed E-state index contributed by atoms with van der Waals surface area (Å²) >= 11 is 1.30. The molecule has 1 aromatic carbocycles. The van der Waals surface area contributed by atoms with Crippen LogP contribution in [0, 0.1) is 0 Å². The molecule has 1 N–H and O–H groups in total. The van der Waals surface area contributed by atoms with Gasteiger partial charge in [0.2, 0.25) is 5.91 Å². The number of pyridine rings is 1. The van der Waals surface area contributed by atoms with Crippen molar-refractivity contribution in [3.63, 3.8) is 0 Å². The highest BCUT2D eigenvalue weighted by molar-refractivity contribution is 7.99. The van der Waals surface area contributed by atoms with Gasteiger partial charge in [0.1, 0.15) is 0 Å². The van der Waals surface area contributed by atoms with E-state index in [1.807, 2.05) is 28.8 Å². The number of carbonyl (C=O) groups excluding carboxylic acids is 2. The van der Waals surface area contributed by atoms with E-state index in [-0.39, 0.29) is 23.7 Å². The van der Waals surface area contributed by atoms with Crippen LogP contribution in [0.5, 0.6) is 0 Å². The van der Waals surface area contributed by atoms with Gasteiger partial charge in [0.05, 0.1) is 17.4 Å². The van der Waals surface area contributed by atoms with Gasteiger partial charge in [-0.15, -0.1) is 10.2 Å². The maximum atomic E-state index is 12.1. The fourth-order valence-electron chi connectivity index (χ4n) is 2.22. The van der Waals surface area contributed by atoms with Gasteiger partial charge in [-0.05, 0) is 50.2 Å². The van der Waals surface area contributed by atoms with E-state index in [4.69, 9.17) is 4.74 Å². The van der Waals surface area contributed by atoms with Gasteiger partial charge in [-0.3, -0.25) is 9.20 Å². The number of hydrogen-bond acceptors (Lipinski definition) is 6. The van der Waals surface area contributed by atoms with Crippen molar-refractivity contribution in [3.8, 4) is 0 Å². The van der Waals surface area contributed by atoms with Crippen molar-refractivity contribution in [2.75, 3.05) is 11.1 Å². The molecule has 1 amide bonds. The van der Waals surface area contributed by atoms with E-state index in [1.165, 1.54) is 11.8 Å². The summed E-state index contributed by atoms with van der Waals surface area (Å²) in [5.74, 6) is -0.348. The first-order chi connectivity index (χ1) is 12.5. The molecule has 7 nitrogen and oxygen atoms in total. The lowest BCUT2D eigenvalue weighted by Gasteiger charge is -2.09. The monoisotopic (exact) mass is 370 g/mol. The van der Waals surface area contributed by atoms with Gasteiger partial charge >= 0.3 is 5.97 Å². The van der Waals surface area contributed by atoms with Crippen LogP contribution in [0.3, 0.4) is 0 Å². The smallest absolute Gasteiger partial charge is 0.338 e. The van der Waals surface area contributed by atoms with Crippen LogP contribution >= 0.6 is 11.8 Å². The molecular formula is C18H18N4O3S. The summed E-state index contributed by atoms with van der Waals surface area (Å²) in [7, 11) is 0. The lowest BCUT2D eigenvalue weighted by molar-refractivity contribution is -0.113. The number of fused-ring (bicyclic) bond motifs is 1. The molecule has 26 heavy (non-hydrogen) atoms. The van der Waals surface area contributed by atoms with Crippen LogP contribution in [0.1, 0.15) is 24.2 Å². The molecule has 2 heterocycles. The Morgan fingerprint density at radius 3 is 2.65 bits per heavy atom. The topological polar surface area (TPSA) is 85.6 Å². The van der Waals surface area contributed by atoms with Crippen LogP contribution in [0.15, 0.2) is 53.8 Å². The van der Waals surface area contributed by atoms with Crippen LogP contribution in [0.4, 0.5) is 5.69 Å². The average molecular weight is 370 g/mol. The molecule has 0 unspecified atom stereocenters. The highest BCUT2D eigenvalue weighted by Crippen LogP contribution is 2.17. The Hall–Kier alpha value is -2.87. The zero-order valence-electron chi connectivity index (χ0n) is 14.4. The van der Waals surface area contributed by atoms with Crippen molar-refractivity contribution < 1.29 is 14.3 Å². The van der Waals surface area contributed by atoms with Gasteiger partial charge in [-0.2, -0.15) is 0 Å². The molecule has 0 saturated heterocycles. The minimum atomic E-state index is -0.382. The van der Waals surface area contributed by atoms with Gasteiger partial charge in [0, 0.05) is 11.9 Å². The number of carbonyl (C=O) groups is 2. The van der Waals surface area contributed by atoms with E-state index in [1.54, 1.807) is 38.1 Å². The van der Waals surface area contributed by atoms with Gasteiger partial charge in [-0.1, -0.05) is 17.8 Å². The minimum absolute atomic E-state index is 0.166. The zero-order chi connectivity index (χ0) is 18.5. The number of thioether (sulfide) groups is 1. The fourth-order valence-corrected chi connectivity index (χ4v) is 2.94. The number of anilines is 1. The Balaban J connectivity index is 1.55. The predicted molar refractivity (Wildman–Crippen MR) is 99.3 cm³/mol. The molecule has 0 aliphatic heterocycles. The van der Waals surface area contributed by atoms with E-state index < -0.39 is 0 Å². The second-order valence-electron chi connectivity index (χ2n) is 5.78. The molecule has 0 spiro atoms. The first kappa shape index (κ1) is 17.9. The van der Waals surface area contributed by atoms with Crippen LogP contribution in [-0.2, 0) is 9.53 Å². The SMILES string of the molecule is CC(C)OC(=O)c1ccc(NC(=O)CSc2nnc3ccccn23)cc1. The third-order valence-corrected chi connectivity index (χ3v) is 4.30. The van der Waals surface area contributed by atoms with Crippen LogP contribution in [0.2, 0.25) is 0 Å². The number of aromatic nitrogens is 3. The third kappa shape index (κ3) is 4.40. The van der Waals surface area contributed by atoms with Gasteiger partial charge in [0.15, 0.2) is 10.8 Å². The summed E-state index contributed by atoms with van der Waals surface area (Å²) in [6.45, 7) is 3.59. The van der Waals surface area contributed by atoms with Crippen molar-refractivity contribution in [1.82, 2.24) is 14.6 Å². The highest BCUT2D eigenvalue weighted by Gasteiger charge is 2.11. The summed E-state index contributed by atoms with van der Waals surface area (Å²) < 4.78 is 6.95. The second kappa shape index (κ2) is 8.01. The van der Waals surface area contributed by atoms with Gasteiger partial charge < -0.3 is 10.1 Å². The molecule has 3 aromatic rings. The molecule has 0 fully saturated rings. The molecule has 2 aromatic heterocycles. The molecule has 0 saturated carbocycles. The molecule has 3 rings (SSSR count). The number of nitrogens with one attached hydrogen (secondary N) is 1. The molecule has 8 heteroatoms. The standard InChI is InChI=1S/C18H18N4O3S/c1-12(2)25-17(24)13-6-8-14(9-7-13)19-16(23)11-26-18-21-20-15-5-3-4-10-22(15)18/h3-10,12H,11H2,1-2H3,(H,19,23). The number of hydrogen-bond donors (Lipinski definition) is 1. The molecular weight excluding hydrogens is 352 g/mol. The van der Waals surface area contributed by atoms with E-state index >= 15 is 0 Å². The quantitative estimate of drug-likeness (QED) is 0.530. The number of nitrogens with zero attached hydrogens (tertiary/aromatic N) is 3. The number of rotatable bonds is 6. The molecule has 134 valence electrons. The van der Waals surface area contributed by atoms with E-state index in [9.17, 15) is 9.59 Å². The number of esters is 1. The zero-order valence-corrected chi connectivity index (χ0v) is 15.2. The summed E-state index contributed by atoms with van der Waals surface area (Å²) in [5, 5.41) is 11.6. The van der Waals surface area contributed by atoms with Crippen molar-refractivity contribution >= 4 is 35.0 Å². The van der Waals surface area contributed by atoms with E-state index in [0.717, 1.165) is 5.65 Å². The molecule has 0 bridgehead atoms.